The number of benzene rings is 1. The molecule has 132 valence electrons. The third-order valence-corrected chi connectivity index (χ3v) is 4.71. The van der Waals surface area contributed by atoms with Gasteiger partial charge in [-0.2, -0.15) is 0 Å². The Hall–Kier alpha value is -3.39. The van der Waals surface area contributed by atoms with Crippen molar-refractivity contribution in [2.75, 3.05) is 5.32 Å². The molecule has 0 radical (unpaired) electrons. The number of phenols is 1. The number of aromatic hydroxyl groups is 1. The molecule has 26 heavy (non-hydrogen) atoms. The smallest absolute Gasteiger partial charge is 0.259 e. The van der Waals surface area contributed by atoms with Gasteiger partial charge in [0.15, 0.2) is 0 Å². The van der Waals surface area contributed by atoms with Gasteiger partial charge >= 0.3 is 0 Å². The van der Waals surface area contributed by atoms with E-state index in [1.54, 1.807) is 35.7 Å². The number of nitrogens with one attached hydrogen (secondary N) is 3. The van der Waals surface area contributed by atoms with Crippen LogP contribution in [0.25, 0.3) is 0 Å². The van der Waals surface area contributed by atoms with Crippen LogP contribution in [0.2, 0.25) is 0 Å². The van der Waals surface area contributed by atoms with Crippen LogP contribution in [-0.2, 0) is 6.54 Å². The zero-order chi connectivity index (χ0) is 18.7. The van der Waals surface area contributed by atoms with E-state index in [-0.39, 0.29) is 17.0 Å². The minimum atomic E-state index is -0.568. The van der Waals surface area contributed by atoms with Crippen LogP contribution in [0.1, 0.15) is 26.4 Å². The van der Waals surface area contributed by atoms with Crippen molar-refractivity contribution in [3.63, 3.8) is 0 Å². The van der Waals surface area contributed by atoms with E-state index in [1.165, 1.54) is 12.3 Å². The number of H-pyrrole nitrogens is 1. The first-order chi connectivity index (χ1) is 12.5. The van der Waals surface area contributed by atoms with E-state index in [4.69, 9.17) is 11.1 Å². The second kappa shape index (κ2) is 7.24. The van der Waals surface area contributed by atoms with Crippen LogP contribution < -0.4 is 16.6 Å². The summed E-state index contributed by atoms with van der Waals surface area (Å²) in [5, 5.41) is 22.5. The van der Waals surface area contributed by atoms with Crippen LogP contribution in [0, 0.1) is 5.41 Å². The Balaban J connectivity index is 1.89. The van der Waals surface area contributed by atoms with Gasteiger partial charge in [0.25, 0.3) is 11.5 Å². The van der Waals surface area contributed by atoms with Crippen LogP contribution in [0.15, 0.2) is 52.8 Å². The summed E-state index contributed by atoms with van der Waals surface area (Å²) in [4.78, 5) is 26.4. The van der Waals surface area contributed by atoms with Crippen LogP contribution in [0.4, 0.5) is 5.69 Å². The van der Waals surface area contributed by atoms with Gasteiger partial charge in [-0.1, -0.05) is 12.1 Å². The number of rotatable bonds is 6. The highest BCUT2D eigenvalue weighted by molar-refractivity contribution is 7.12. The number of amides is 1. The molecule has 0 fully saturated rings. The maximum absolute atomic E-state index is 12.3. The number of anilines is 1. The van der Waals surface area contributed by atoms with Crippen molar-refractivity contribution in [2.24, 2.45) is 5.73 Å². The molecule has 0 aliphatic carbocycles. The highest BCUT2D eigenvalue weighted by atomic mass is 32.1. The number of aromatic nitrogens is 1. The largest absolute Gasteiger partial charge is 0.508 e. The molecule has 1 aromatic carbocycles. The first-order valence-corrected chi connectivity index (χ1v) is 8.55. The number of primary amides is 1. The molecule has 0 aliphatic heterocycles. The maximum Gasteiger partial charge on any atom is 0.259 e. The Morgan fingerprint density at radius 1 is 1.27 bits per heavy atom. The number of pyridine rings is 1. The molecule has 0 spiro atoms. The number of thiophene rings is 1. The summed E-state index contributed by atoms with van der Waals surface area (Å²) in [6.45, 7) is 0.417. The zero-order valence-corrected chi connectivity index (χ0v) is 14.4. The normalized spacial score (nSPS) is 10.5. The molecule has 8 heteroatoms. The molecule has 0 unspecified atom stereocenters. The van der Waals surface area contributed by atoms with E-state index in [2.05, 4.69) is 10.3 Å². The third-order valence-electron chi connectivity index (χ3n) is 3.76. The molecule has 0 bridgehead atoms. The fourth-order valence-corrected chi connectivity index (χ4v) is 3.18. The predicted molar refractivity (Wildman–Crippen MR) is 101 cm³/mol. The minimum absolute atomic E-state index is 0.00352. The van der Waals surface area contributed by atoms with Crippen molar-refractivity contribution in [2.45, 2.75) is 6.54 Å². The van der Waals surface area contributed by atoms with Crippen molar-refractivity contribution >= 4 is 28.6 Å². The summed E-state index contributed by atoms with van der Waals surface area (Å²) in [6.07, 6.45) is 1.50. The Kier molecular flexibility index (Phi) is 4.85. The van der Waals surface area contributed by atoms with Crippen molar-refractivity contribution in [1.82, 2.24) is 4.98 Å². The molecule has 1 amide bonds. The summed E-state index contributed by atoms with van der Waals surface area (Å²) in [7, 11) is 0. The lowest BCUT2D eigenvalue weighted by molar-refractivity contribution is 0.100. The quantitative estimate of drug-likeness (QED) is 0.427. The molecule has 3 rings (SSSR count). The second-order valence-corrected chi connectivity index (χ2v) is 6.47. The van der Waals surface area contributed by atoms with Crippen LogP contribution >= 0.6 is 11.3 Å². The fourth-order valence-electron chi connectivity index (χ4n) is 2.43. The van der Waals surface area contributed by atoms with Gasteiger partial charge in [-0.05, 0) is 29.8 Å². The van der Waals surface area contributed by atoms with Gasteiger partial charge in [0.1, 0.15) is 5.75 Å². The van der Waals surface area contributed by atoms with E-state index in [9.17, 15) is 14.7 Å². The highest BCUT2D eigenvalue weighted by Crippen LogP contribution is 2.21. The molecule has 2 heterocycles. The predicted octanol–water partition coefficient (Wildman–Crippen LogP) is 2.27. The van der Waals surface area contributed by atoms with Gasteiger partial charge in [0.05, 0.1) is 21.8 Å². The number of phenolic OH excluding ortho intramolecular Hbond substituents is 1. The number of hydrogen-bond donors (Lipinski definition) is 5. The zero-order valence-electron chi connectivity index (χ0n) is 13.6. The van der Waals surface area contributed by atoms with Crippen molar-refractivity contribution in [3.05, 3.63) is 79.9 Å². The summed E-state index contributed by atoms with van der Waals surface area (Å²) < 4.78 is 0. The molecule has 2 aromatic heterocycles. The molecule has 7 nitrogen and oxygen atoms in total. The number of aromatic amines is 1. The lowest BCUT2D eigenvalue weighted by Crippen LogP contribution is -2.21. The SMILES string of the molecule is N=C(c1csc(C(N)=O)c1)c1c(NCc2ccc(O)cc2)cc[nH]c1=O. The maximum atomic E-state index is 12.3. The Labute approximate surface area is 152 Å². The highest BCUT2D eigenvalue weighted by Gasteiger charge is 2.17. The first kappa shape index (κ1) is 17.4. The molecule has 0 aliphatic rings. The monoisotopic (exact) mass is 368 g/mol. The summed E-state index contributed by atoms with van der Waals surface area (Å²) in [5.41, 5.74) is 6.89. The second-order valence-electron chi connectivity index (χ2n) is 5.55. The summed E-state index contributed by atoms with van der Waals surface area (Å²) in [6, 6.07) is 9.86. The van der Waals surface area contributed by atoms with Gasteiger partial charge in [-0.15, -0.1) is 11.3 Å². The van der Waals surface area contributed by atoms with E-state index in [1.807, 2.05) is 0 Å². The first-order valence-electron chi connectivity index (χ1n) is 7.67. The van der Waals surface area contributed by atoms with Gasteiger partial charge in [0, 0.05) is 23.7 Å². The summed E-state index contributed by atoms with van der Waals surface area (Å²) >= 11 is 1.13. The molecular weight excluding hydrogens is 352 g/mol. The number of nitrogens with two attached hydrogens (primary N) is 1. The fraction of sp³-hybridized carbons (Fsp3) is 0.0556. The average Bonchev–Trinajstić information content (AvgIpc) is 3.11. The van der Waals surface area contributed by atoms with Crippen molar-refractivity contribution in [3.8, 4) is 5.75 Å². The lowest BCUT2D eigenvalue weighted by atomic mass is 10.0. The molecule has 0 saturated heterocycles. The molecule has 3 aromatic rings. The van der Waals surface area contributed by atoms with E-state index in [0.717, 1.165) is 16.9 Å². The number of carbonyl (C=O) groups is 1. The van der Waals surface area contributed by atoms with Gasteiger partial charge in [-0.3, -0.25) is 15.0 Å². The molecule has 0 saturated carbocycles. The number of carbonyl (C=O) groups excluding carboxylic acids is 1. The van der Waals surface area contributed by atoms with Gasteiger partial charge < -0.3 is 21.1 Å². The van der Waals surface area contributed by atoms with Gasteiger partial charge in [-0.25, -0.2) is 0 Å². The molecular formula is C18H16N4O3S. The van der Waals surface area contributed by atoms with Crippen LogP contribution in [-0.4, -0.2) is 21.7 Å². The molecule has 0 atom stereocenters. The average molecular weight is 368 g/mol. The minimum Gasteiger partial charge on any atom is -0.508 e. The van der Waals surface area contributed by atoms with Crippen molar-refractivity contribution < 1.29 is 9.90 Å². The van der Waals surface area contributed by atoms with Crippen LogP contribution in [0.3, 0.4) is 0 Å². The number of hydrogen-bond acceptors (Lipinski definition) is 6. The third kappa shape index (κ3) is 3.65. The standard InChI is InChI=1S/C18H16N4O3S/c19-16(11-7-14(17(20)24)26-9-11)15-13(5-6-21-18(15)25)22-8-10-1-3-12(23)4-2-10/h1-7,9,19,23H,8H2,(H2,20,24)(H2,21,22,25). The molecule has 6 N–H and O–H groups in total. The van der Waals surface area contributed by atoms with Crippen molar-refractivity contribution in [1.29, 1.82) is 5.41 Å². The summed E-state index contributed by atoms with van der Waals surface area (Å²) in [5.74, 6) is -0.392. The Morgan fingerprint density at radius 3 is 2.65 bits per heavy atom. The van der Waals surface area contributed by atoms with E-state index in [0.29, 0.717) is 22.7 Å². The Bertz CT molecular complexity index is 1020. The van der Waals surface area contributed by atoms with E-state index >= 15 is 0 Å². The van der Waals surface area contributed by atoms with E-state index < -0.39 is 11.5 Å². The van der Waals surface area contributed by atoms with Crippen LogP contribution in [0.5, 0.6) is 5.75 Å². The Morgan fingerprint density at radius 2 is 2.00 bits per heavy atom. The van der Waals surface area contributed by atoms with Gasteiger partial charge in [0.2, 0.25) is 0 Å². The topological polar surface area (TPSA) is 132 Å². The lowest BCUT2D eigenvalue weighted by Gasteiger charge is -2.11.